The van der Waals surface area contributed by atoms with Gasteiger partial charge in [0.2, 0.25) is 0 Å². The van der Waals surface area contributed by atoms with Crippen LogP contribution in [0.5, 0.6) is 0 Å². The quantitative estimate of drug-likeness (QED) is 0.341. The zero-order valence-electron chi connectivity index (χ0n) is 7.29. The van der Waals surface area contributed by atoms with Crippen molar-refractivity contribution in [2.75, 3.05) is 6.54 Å². The van der Waals surface area contributed by atoms with Gasteiger partial charge in [0, 0.05) is 5.56 Å². The van der Waals surface area contributed by atoms with Gasteiger partial charge in [-0.25, -0.2) is 5.84 Å². The van der Waals surface area contributed by atoms with Crippen molar-refractivity contribution >= 4 is 5.91 Å². The van der Waals surface area contributed by atoms with Crippen molar-refractivity contribution in [3.05, 3.63) is 35.4 Å². The summed E-state index contributed by atoms with van der Waals surface area (Å²) >= 11 is 0. The van der Waals surface area contributed by atoms with E-state index < -0.39 is 0 Å². The topological polar surface area (TPSA) is 81.1 Å². The van der Waals surface area contributed by atoms with Gasteiger partial charge in [0.15, 0.2) is 0 Å². The minimum atomic E-state index is -0.278. The smallest absolute Gasteiger partial charge is 0.265 e. The summed E-state index contributed by atoms with van der Waals surface area (Å²) in [5.74, 6) is 4.70. The summed E-state index contributed by atoms with van der Waals surface area (Å²) < 4.78 is 0. The van der Waals surface area contributed by atoms with Crippen molar-refractivity contribution in [3.63, 3.8) is 0 Å². The number of nitrogens with one attached hydrogen (secondary N) is 1. The predicted molar refractivity (Wildman–Crippen MR) is 50.9 cm³/mol. The maximum absolute atomic E-state index is 11.0. The molecule has 0 radical (unpaired) electrons. The highest BCUT2D eigenvalue weighted by Gasteiger charge is 2.01. The average Bonchev–Trinajstić information content (AvgIpc) is 2.18. The SMILES string of the molecule is NCCc1ccc(C(=O)NN)cc1. The third-order valence-electron chi connectivity index (χ3n) is 1.78. The highest BCUT2D eigenvalue weighted by molar-refractivity contribution is 5.93. The fourth-order valence-electron chi connectivity index (χ4n) is 1.07. The van der Waals surface area contributed by atoms with Crippen LogP contribution in [0.25, 0.3) is 0 Å². The molecule has 5 N–H and O–H groups in total. The molecule has 0 aliphatic carbocycles. The van der Waals surface area contributed by atoms with Crippen molar-refractivity contribution in [2.45, 2.75) is 6.42 Å². The van der Waals surface area contributed by atoms with E-state index in [2.05, 4.69) is 5.43 Å². The molecule has 1 amide bonds. The second-order valence-corrected chi connectivity index (χ2v) is 2.71. The van der Waals surface area contributed by atoms with E-state index in [9.17, 15) is 4.79 Å². The highest BCUT2D eigenvalue weighted by Crippen LogP contribution is 2.04. The Labute approximate surface area is 76.9 Å². The first-order chi connectivity index (χ1) is 6.27. The molecular formula is C9H13N3O. The fourth-order valence-corrected chi connectivity index (χ4v) is 1.07. The first kappa shape index (κ1) is 9.70. The van der Waals surface area contributed by atoms with Crippen LogP contribution in [0.2, 0.25) is 0 Å². The summed E-state index contributed by atoms with van der Waals surface area (Å²) in [6.07, 6.45) is 0.824. The van der Waals surface area contributed by atoms with Gasteiger partial charge in [-0.1, -0.05) is 12.1 Å². The van der Waals surface area contributed by atoms with Gasteiger partial charge in [-0.05, 0) is 30.7 Å². The first-order valence-electron chi connectivity index (χ1n) is 4.08. The molecule has 4 nitrogen and oxygen atoms in total. The number of hydrogen-bond donors (Lipinski definition) is 3. The summed E-state index contributed by atoms with van der Waals surface area (Å²) in [5.41, 5.74) is 9.13. The van der Waals surface area contributed by atoms with E-state index in [-0.39, 0.29) is 5.91 Å². The average molecular weight is 179 g/mol. The van der Waals surface area contributed by atoms with Crippen molar-refractivity contribution in [1.82, 2.24) is 5.43 Å². The summed E-state index contributed by atoms with van der Waals surface area (Å²) in [6, 6.07) is 7.20. The number of nitrogen functional groups attached to an aromatic ring is 1. The summed E-state index contributed by atoms with van der Waals surface area (Å²) in [5, 5.41) is 0. The Morgan fingerprint density at radius 2 is 1.92 bits per heavy atom. The number of nitrogens with two attached hydrogens (primary N) is 2. The van der Waals surface area contributed by atoms with E-state index in [1.807, 2.05) is 12.1 Å². The highest BCUT2D eigenvalue weighted by atomic mass is 16.2. The van der Waals surface area contributed by atoms with Crippen LogP contribution in [-0.2, 0) is 6.42 Å². The number of benzene rings is 1. The monoisotopic (exact) mass is 179 g/mol. The van der Waals surface area contributed by atoms with Crippen molar-refractivity contribution in [2.24, 2.45) is 11.6 Å². The van der Waals surface area contributed by atoms with E-state index in [1.54, 1.807) is 12.1 Å². The molecule has 0 atom stereocenters. The van der Waals surface area contributed by atoms with Crippen molar-refractivity contribution in [3.8, 4) is 0 Å². The van der Waals surface area contributed by atoms with Gasteiger partial charge in [0.25, 0.3) is 5.91 Å². The summed E-state index contributed by atoms with van der Waals surface area (Å²) in [4.78, 5) is 11.0. The zero-order chi connectivity index (χ0) is 9.68. The molecule has 0 aliphatic rings. The first-order valence-corrected chi connectivity index (χ1v) is 4.08. The molecule has 13 heavy (non-hydrogen) atoms. The van der Waals surface area contributed by atoms with Crippen LogP contribution in [-0.4, -0.2) is 12.5 Å². The Hall–Kier alpha value is -1.39. The molecule has 0 saturated carbocycles. The molecule has 4 heteroatoms. The van der Waals surface area contributed by atoms with E-state index in [0.717, 1.165) is 12.0 Å². The van der Waals surface area contributed by atoms with Crippen LogP contribution in [0.4, 0.5) is 0 Å². The Morgan fingerprint density at radius 1 is 1.31 bits per heavy atom. The molecule has 0 bridgehead atoms. The lowest BCUT2D eigenvalue weighted by Gasteiger charge is -2.01. The molecule has 70 valence electrons. The summed E-state index contributed by atoms with van der Waals surface area (Å²) in [7, 11) is 0. The zero-order valence-corrected chi connectivity index (χ0v) is 7.29. The molecule has 0 saturated heterocycles. The van der Waals surface area contributed by atoms with Crippen molar-refractivity contribution in [1.29, 1.82) is 0 Å². The number of amides is 1. The Kier molecular flexibility index (Phi) is 3.42. The molecule has 0 fully saturated rings. The number of hydrazine groups is 1. The van der Waals surface area contributed by atoms with E-state index in [1.165, 1.54) is 0 Å². The van der Waals surface area contributed by atoms with Gasteiger partial charge >= 0.3 is 0 Å². The molecular weight excluding hydrogens is 166 g/mol. The van der Waals surface area contributed by atoms with Crippen LogP contribution in [0.1, 0.15) is 15.9 Å². The lowest BCUT2D eigenvalue weighted by atomic mass is 10.1. The standard InChI is InChI=1S/C9H13N3O/c10-6-5-7-1-3-8(4-2-7)9(13)12-11/h1-4H,5-6,10-11H2,(H,12,13). The van der Waals surface area contributed by atoms with Gasteiger partial charge in [0.1, 0.15) is 0 Å². The Balaban J connectivity index is 2.75. The van der Waals surface area contributed by atoms with Gasteiger partial charge in [0.05, 0.1) is 0 Å². The number of carbonyl (C=O) groups is 1. The number of carbonyl (C=O) groups excluding carboxylic acids is 1. The van der Waals surface area contributed by atoms with Crippen molar-refractivity contribution < 1.29 is 4.79 Å². The lowest BCUT2D eigenvalue weighted by Crippen LogP contribution is -2.29. The second-order valence-electron chi connectivity index (χ2n) is 2.71. The van der Waals surface area contributed by atoms with Crippen LogP contribution in [0.15, 0.2) is 24.3 Å². The minimum absolute atomic E-state index is 0.278. The molecule has 0 aromatic heterocycles. The normalized spacial score (nSPS) is 9.69. The van der Waals surface area contributed by atoms with E-state index in [0.29, 0.717) is 12.1 Å². The van der Waals surface area contributed by atoms with Crippen LogP contribution in [0.3, 0.4) is 0 Å². The number of rotatable bonds is 3. The largest absolute Gasteiger partial charge is 0.330 e. The van der Waals surface area contributed by atoms with Crippen LogP contribution >= 0.6 is 0 Å². The third-order valence-corrected chi connectivity index (χ3v) is 1.78. The van der Waals surface area contributed by atoms with Crippen LogP contribution < -0.4 is 17.0 Å². The van der Waals surface area contributed by atoms with Gasteiger partial charge in [-0.3, -0.25) is 10.2 Å². The summed E-state index contributed by atoms with van der Waals surface area (Å²) in [6.45, 7) is 0.614. The molecule has 0 unspecified atom stereocenters. The van der Waals surface area contributed by atoms with Crippen LogP contribution in [0, 0.1) is 0 Å². The molecule has 0 heterocycles. The Bertz CT molecular complexity index is 281. The maximum Gasteiger partial charge on any atom is 0.265 e. The molecule has 1 aromatic rings. The lowest BCUT2D eigenvalue weighted by molar-refractivity contribution is 0.0953. The molecule has 1 aromatic carbocycles. The Morgan fingerprint density at radius 3 is 2.38 bits per heavy atom. The third kappa shape index (κ3) is 2.54. The van der Waals surface area contributed by atoms with E-state index in [4.69, 9.17) is 11.6 Å². The fraction of sp³-hybridized carbons (Fsp3) is 0.222. The molecule has 1 rings (SSSR count). The van der Waals surface area contributed by atoms with Gasteiger partial charge < -0.3 is 5.73 Å². The molecule has 0 spiro atoms. The van der Waals surface area contributed by atoms with E-state index >= 15 is 0 Å². The minimum Gasteiger partial charge on any atom is -0.330 e. The van der Waals surface area contributed by atoms with Gasteiger partial charge in [-0.2, -0.15) is 0 Å². The maximum atomic E-state index is 11.0. The second kappa shape index (κ2) is 4.59. The molecule has 0 aliphatic heterocycles. The van der Waals surface area contributed by atoms with Gasteiger partial charge in [-0.15, -0.1) is 0 Å². The predicted octanol–water partition coefficient (Wildman–Crippen LogP) is -0.209. The number of hydrogen-bond acceptors (Lipinski definition) is 3.